The Morgan fingerprint density at radius 2 is 1.82 bits per heavy atom. The van der Waals surface area contributed by atoms with Gasteiger partial charge in [0.25, 0.3) is 0 Å². The highest BCUT2D eigenvalue weighted by Crippen LogP contribution is 2.41. The summed E-state index contributed by atoms with van der Waals surface area (Å²) in [6, 6.07) is 16.3. The number of aryl methyl sites for hydroxylation is 1. The molecule has 206 valence electrons. The summed E-state index contributed by atoms with van der Waals surface area (Å²) < 4.78 is 7.46. The van der Waals surface area contributed by atoms with Crippen LogP contribution in [0.4, 0.5) is 0 Å². The number of nitrogens with one attached hydrogen (secondary N) is 1. The van der Waals surface area contributed by atoms with Gasteiger partial charge in [-0.15, -0.1) is 10.2 Å². The number of benzene rings is 2. The zero-order chi connectivity index (χ0) is 28.2. The highest BCUT2D eigenvalue weighted by Gasteiger charge is 2.51. The Morgan fingerprint density at radius 3 is 2.38 bits per heavy atom. The fraction of sp³-hybridized carbons (Fsp3) is 0.414. The lowest BCUT2D eigenvalue weighted by atomic mass is 9.81. The van der Waals surface area contributed by atoms with E-state index in [0.29, 0.717) is 23.2 Å². The van der Waals surface area contributed by atoms with Crippen LogP contribution in [0.25, 0.3) is 22.5 Å². The van der Waals surface area contributed by atoms with Crippen LogP contribution in [-0.4, -0.2) is 62.2 Å². The molecule has 0 radical (unpaired) electrons. The number of imidazole rings is 1. The van der Waals surface area contributed by atoms with Crippen LogP contribution in [0.5, 0.6) is 0 Å². The number of halogens is 1. The largest absolute Gasteiger partial charge is 0.467 e. The lowest BCUT2D eigenvalue weighted by Crippen LogP contribution is -2.54. The highest BCUT2D eigenvalue weighted by molar-refractivity contribution is 6.30. The summed E-state index contributed by atoms with van der Waals surface area (Å²) in [7, 11) is 5.18. The van der Waals surface area contributed by atoms with Crippen molar-refractivity contribution < 1.29 is 9.53 Å². The number of tetrazole rings is 1. The molecule has 0 amide bonds. The molecule has 4 aromatic rings. The van der Waals surface area contributed by atoms with E-state index >= 15 is 0 Å². The van der Waals surface area contributed by atoms with Crippen LogP contribution in [0, 0.1) is 5.92 Å². The maximum Gasteiger partial charge on any atom is 0.332 e. The van der Waals surface area contributed by atoms with E-state index in [9.17, 15) is 4.79 Å². The van der Waals surface area contributed by atoms with Crippen molar-refractivity contribution in [2.24, 2.45) is 5.92 Å². The number of rotatable bonds is 11. The summed E-state index contributed by atoms with van der Waals surface area (Å²) >= 11 is 6.85. The number of hydrogen-bond donors (Lipinski definition) is 1. The molecule has 0 unspecified atom stereocenters. The number of H-pyrrole nitrogens is 1. The van der Waals surface area contributed by atoms with Crippen LogP contribution in [0.3, 0.4) is 0 Å². The Hall–Kier alpha value is -3.56. The van der Waals surface area contributed by atoms with Gasteiger partial charge in [0.05, 0.1) is 12.8 Å². The zero-order valence-electron chi connectivity index (χ0n) is 23.4. The lowest BCUT2D eigenvalue weighted by Gasteiger charge is -2.41. The van der Waals surface area contributed by atoms with Gasteiger partial charge in [0.1, 0.15) is 5.82 Å². The standard InChI is InChI=1S/C29H36ClN7O2/c1-7-8-13-24-31-26(30)25(29(19(2)3,36(4)5)28(38)39-6)37(24)18-20-14-16-21(17-15-20)22-11-9-10-12-23(22)27-32-34-35-33-27/h9-12,14-17,19H,7-8,13,18H2,1-6H3,(H,32,33,34,35)/t29-/m1/s1. The van der Waals surface area contributed by atoms with E-state index in [1.807, 2.05) is 57.1 Å². The van der Waals surface area contributed by atoms with Crippen LogP contribution in [0.2, 0.25) is 5.15 Å². The number of nitrogens with zero attached hydrogens (tertiary/aromatic N) is 6. The Labute approximate surface area is 234 Å². The topological polar surface area (TPSA) is 102 Å². The number of hydrogen-bond acceptors (Lipinski definition) is 7. The summed E-state index contributed by atoms with van der Waals surface area (Å²) in [5.41, 5.74) is 3.56. The molecule has 0 aliphatic heterocycles. The fourth-order valence-electron chi connectivity index (χ4n) is 5.38. The monoisotopic (exact) mass is 549 g/mol. The van der Waals surface area contributed by atoms with Gasteiger partial charge in [0, 0.05) is 18.5 Å². The van der Waals surface area contributed by atoms with Gasteiger partial charge in [-0.05, 0) is 48.3 Å². The number of aromatic amines is 1. The second-order valence-corrected chi connectivity index (χ2v) is 10.5. The second kappa shape index (κ2) is 12.1. The Morgan fingerprint density at radius 1 is 1.13 bits per heavy atom. The summed E-state index contributed by atoms with van der Waals surface area (Å²) in [4.78, 5) is 20.1. The quantitative estimate of drug-likeness (QED) is 0.251. The van der Waals surface area contributed by atoms with Crippen LogP contribution in [0.1, 0.15) is 50.7 Å². The number of aromatic nitrogens is 6. The van der Waals surface area contributed by atoms with E-state index in [-0.39, 0.29) is 11.9 Å². The van der Waals surface area contributed by atoms with Crippen LogP contribution in [-0.2, 0) is 28.0 Å². The van der Waals surface area contributed by atoms with Gasteiger partial charge in [0.15, 0.2) is 10.7 Å². The number of ether oxygens (including phenoxy) is 1. The van der Waals surface area contributed by atoms with E-state index in [4.69, 9.17) is 21.3 Å². The molecule has 2 aromatic carbocycles. The summed E-state index contributed by atoms with van der Waals surface area (Å²) in [6.45, 7) is 6.67. The number of esters is 1. The molecule has 4 rings (SSSR count). The molecule has 0 aliphatic rings. The molecule has 0 bridgehead atoms. The summed E-state index contributed by atoms with van der Waals surface area (Å²) in [5.74, 6) is 0.917. The minimum absolute atomic E-state index is 0.129. The Bertz CT molecular complexity index is 1390. The molecule has 0 spiro atoms. The SMILES string of the molecule is CCCCc1nc(Cl)c([C@@](C(=O)OC)(C(C)C)N(C)C)n1Cc1ccc(-c2ccccc2-c2nn[nH]n2)cc1. The van der Waals surface area contributed by atoms with E-state index in [1.165, 1.54) is 7.11 Å². The third-order valence-electron chi connectivity index (χ3n) is 7.28. The normalized spacial score (nSPS) is 13.2. The van der Waals surface area contributed by atoms with Crippen molar-refractivity contribution in [1.29, 1.82) is 0 Å². The van der Waals surface area contributed by atoms with Crippen LogP contribution >= 0.6 is 11.6 Å². The first kappa shape index (κ1) is 28.4. The minimum Gasteiger partial charge on any atom is -0.467 e. The van der Waals surface area contributed by atoms with Gasteiger partial charge >= 0.3 is 5.97 Å². The van der Waals surface area contributed by atoms with Crippen LogP contribution < -0.4 is 0 Å². The van der Waals surface area contributed by atoms with E-state index in [0.717, 1.165) is 47.3 Å². The van der Waals surface area contributed by atoms with Gasteiger partial charge in [-0.1, -0.05) is 87.3 Å². The van der Waals surface area contributed by atoms with Gasteiger partial charge in [-0.3, -0.25) is 4.90 Å². The molecular weight excluding hydrogens is 514 g/mol. The smallest absolute Gasteiger partial charge is 0.332 e. The van der Waals surface area contributed by atoms with Gasteiger partial charge < -0.3 is 9.30 Å². The fourth-order valence-corrected chi connectivity index (χ4v) is 5.72. The van der Waals surface area contributed by atoms with E-state index in [2.05, 4.69) is 56.4 Å². The van der Waals surface area contributed by atoms with E-state index < -0.39 is 5.54 Å². The predicted octanol–water partition coefficient (Wildman–Crippen LogP) is 5.36. The molecule has 0 saturated carbocycles. The van der Waals surface area contributed by atoms with Crippen molar-refractivity contribution in [1.82, 2.24) is 35.1 Å². The molecule has 0 fully saturated rings. The average molecular weight is 550 g/mol. The second-order valence-electron chi connectivity index (χ2n) is 10.1. The molecule has 1 atom stereocenters. The van der Waals surface area contributed by atoms with Crippen LogP contribution in [0.15, 0.2) is 48.5 Å². The first-order valence-electron chi connectivity index (χ1n) is 13.2. The minimum atomic E-state index is -1.10. The van der Waals surface area contributed by atoms with Crippen molar-refractivity contribution >= 4 is 17.6 Å². The first-order valence-corrected chi connectivity index (χ1v) is 13.6. The maximum atomic E-state index is 13.4. The molecular formula is C29H36ClN7O2. The molecule has 2 aromatic heterocycles. The third-order valence-corrected chi connectivity index (χ3v) is 7.54. The van der Waals surface area contributed by atoms with Gasteiger partial charge in [-0.25, -0.2) is 9.78 Å². The third kappa shape index (κ3) is 5.33. The Kier molecular flexibility index (Phi) is 8.82. The summed E-state index contributed by atoms with van der Waals surface area (Å²) in [5, 5.41) is 14.9. The number of carbonyl (C=O) groups excluding carboxylic acids is 1. The molecule has 10 heteroatoms. The zero-order valence-corrected chi connectivity index (χ0v) is 24.2. The van der Waals surface area contributed by atoms with Crippen molar-refractivity contribution in [3.05, 3.63) is 70.8 Å². The molecule has 0 saturated heterocycles. The van der Waals surface area contributed by atoms with Crippen molar-refractivity contribution in [2.45, 2.75) is 52.1 Å². The summed E-state index contributed by atoms with van der Waals surface area (Å²) in [6.07, 6.45) is 2.75. The van der Waals surface area contributed by atoms with Gasteiger partial charge in [0.2, 0.25) is 5.82 Å². The number of methoxy groups -OCH3 is 1. The van der Waals surface area contributed by atoms with Crippen molar-refractivity contribution in [2.75, 3.05) is 21.2 Å². The molecule has 1 N–H and O–H groups in total. The van der Waals surface area contributed by atoms with Crippen molar-refractivity contribution in [3.63, 3.8) is 0 Å². The number of carbonyl (C=O) groups is 1. The molecule has 2 heterocycles. The highest BCUT2D eigenvalue weighted by atomic mass is 35.5. The van der Waals surface area contributed by atoms with Gasteiger partial charge in [-0.2, -0.15) is 5.21 Å². The predicted molar refractivity (Wildman–Crippen MR) is 152 cm³/mol. The molecule has 39 heavy (non-hydrogen) atoms. The number of unbranched alkanes of at least 4 members (excludes halogenated alkanes) is 1. The average Bonchev–Trinajstić information content (AvgIpc) is 3.57. The first-order chi connectivity index (χ1) is 18.7. The van der Waals surface area contributed by atoms with E-state index in [1.54, 1.807) is 0 Å². The Balaban J connectivity index is 1.79. The number of likely N-dealkylation sites (N-methyl/N-ethyl adjacent to an activating group) is 1. The molecule has 9 nitrogen and oxygen atoms in total. The molecule has 0 aliphatic carbocycles. The lowest BCUT2D eigenvalue weighted by molar-refractivity contribution is -0.158. The van der Waals surface area contributed by atoms with Crippen molar-refractivity contribution in [3.8, 4) is 22.5 Å². The maximum absolute atomic E-state index is 13.4.